The van der Waals surface area contributed by atoms with Crippen LogP contribution in [0.15, 0.2) is 30.5 Å². The Morgan fingerprint density at radius 2 is 2.00 bits per heavy atom. The van der Waals surface area contributed by atoms with Crippen LogP contribution in [0, 0.1) is 5.92 Å². The minimum atomic E-state index is -0.404. The molecule has 0 fully saturated rings. The van der Waals surface area contributed by atoms with E-state index < -0.39 is 5.92 Å². The second kappa shape index (κ2) is 7.27. The topological polar surface area (TPSA) is 67.2 Å². The van der Waals surface area contributed by atoms with E-state index in [2.05, 4.69) is 10.4 Å². The van der Waals surface area contributed by atoms with Gasteiger partial charge in [0.2, 0.25) is 11.8 Å². The van der Waals surface area contributed by atoms with E-state index in [0.29, 0.717) is 30.5 Å². The van der Waals surface area contributed by atoms with Crippen molar-refractivity contribution in [3.05, 3.63) is 35.5 Å². The normalized spacial score (nSPS) is 16.3. The highest BCUT2D eigenvalue weighted by atomic mass is 35.5. The molecule has 6 nitrogen and oxygen atoms in total. The predicted molar refractivity (Wildman–Crippen MR) is 97.3 cm³/mol. The van der Waals surface area contributed by atoms with Crippen molar-refractivity contribution in [1.82, 2.24) is 14.7 Å². The number of carbonyl (C=O) groups is 2. The fraction of sp³-hybridized carbons (Fsp3) is 0.389. The van der Waals surface area contributed by atoms with E-state index in [-0.39, 0.29) is 18.2 Å². The molecule has 0 radical (unpaired) electrons. The van der Waals surface area contributed by atoms with Crippen LogP contribution in [0.4, 0.5) is 5.82 Å². The molecular weight excluding hydrogens is 340 g/mol. The number of carbonyl (C=O) groups excluding carboxylic acids is 2. The molecule has 1 aliphatic rings. The molecular formula is C18H21ClN4O2. The Labute approximate surface area is 151 Å². The number of nitrogens with zero attached hydrogens (tertiary/aromatic N) is 3. The number of benzene rings is 1. The van der Waals surface area contributed by atoms with Crippen molar-refractivity contribution in [3.8, 4) is 11.1 Å². The van der Waals surface area contributed by atoms with Crippen molar-refractivity contribution < 1.29 is 9.59 Å². The zero-order chi connectivity index (χ0) is 18.0. The second-order valence-electron chi connectivity index (χ2n) is 6.05. The molecule has 1 N–H and O–H groups in total. The van der Waals surface area contributed by atoms with E-state index in [1.165, 1.54) is 0 Å². The van der Waals surface area contributed by atoms with Crippen molar-refractivity contribution in [3.63, 3.8) is 0 Å². The minimum absolute atomic E-state index is 0.00122. The molecule has 0 saturated carbocycles. The first-order valence-corrected chi connectivity index (χ1v) is 8.81. The van der Waals surface area contributed by atoms with Crippen molar-refractivity contribution in [2.45, 2.75) is 26.8 Å². The Morgan fingerprint density at radius 1 is 1.32 bits per heavy atom. The standard InChI is InChI=1S/C18H21ClN4O2/c1-3-22(4-2)16(24)9-13-11-23-17(21-18(13)25)15(10-20-23)12-5-7-14(19)8-6-12/h5-8,10,13H,3-4,9,11H2,1-2H3,(H,21,25). The van der Waals surface area contributed by atoms with Crippen molar-refractivity contribution in [1.29, 1.82) is 0 Å². The zero-order valence-corrected chi connectivity index (χ0v) is 15.1. The first-order chi connectivity index (χ1) is 12.0. The molecule has 25 heavy (non-hydrogen) atoms. The lowest BCUT2D eigenvalue weighted by Crippen LogP contribution is -2.39. The molecule has 1 unspecified atom stereocenters. The van der Waals surface area contributed by atoms with E-state index in [0.717, 1.165) is 11.1 Å². The Kier molecular flexibility index (Phi) is 5.08. The largest absolute Gasteiger partial charge is 0.343 e. The molecule has 2 aromatic rings. The van der Waals surface area contributed by atoms with Crippen LogP contribution in [-0.4, -0.2) is 39.6 Å². The summed E-state index contributed by atoms with van der Waals surface area (Å²) < 4.78 is 1.76. The lowest BCUT2D eigenvalue weighted by Gasteiger charge is -2.26. The fourth-order valence-corrected chi connectivity index (χ4v) is 3.21. The molecule has 3 rings (SSSR count). The average Bonchev–Trinajstić information content (AvgIpc) is 2.99. The number of anilines is 1. The van der Waals surface area contributed by atoms with Gasteiger partial charge in [-0.25, -0.2) is 4.68 Å². The number of amides is 2. The van der Waals surface area contributed by atoms with Crippen LogP contribution in [0.2, 0.25) is 5.02 Å². The molecule has 2 amide bonds. The summed E-state index contributed by atoms with van der Waals surface area (Å²) >= 11 is 5.93. The summed E-state index contributed by atoms with van der Waals surface area (Å²) in [7, 11) is 0. The van der Waals surface area contributed by atoms with Gasteiger partial charge in [-0.2, -0.15) is 5.10 Å². The molecule has 1 aliphatic heterocycles. The van der Waals surface area contributed by atoms with Crippen LogP contribution < -0.4 is 5.32 Å². The van der Waals surface area contributed by atoms with E-state index in [9.17, 15) is 9.59 Å². The number of fused-ring (bicyclic) bond motifs is 1. The van der Waals surface area contributed by atoms with Crippen LogP contribution in [0.5, 0.6) is 0 Å². The highest BCUT2D eigenvalue weighted by Crippen LogP contribution is 2.32. The third kappa shape index (κ3) is 3.54. The van der Waals surface area contributed by atoms with Gasteiger partial charge in [-0.05, 0) is 31.5 Å². The third-order valence-corrected chi connectivity index (χ3v) is 4.79. The Hall–Kier alpha value is -2.34. The van der Waals surface area contributed by atoms with Crippen LogP contribution >= 0.6 is 11.6 Å². The molecule has 0 spiro atoms. The van der Waals surface area contributed by atoms with Crippen molar-refractivity contribution in [2.24, 2.45) is 5.92 Å². The van der Waals surface area contributed by atoms with E-state index in [4.69, 9.17) is 11.6 Å². The first kappa shape index (κ1) is 17.5. The highest BCUT2D eigenvalue weighted by Gasteiger charge is 2.31. The van der Waals surface area contributed by atoms with Crippen LogP contribution in [0.25, 0.3) is 11.1 Å². The molecule has 1 aromatic carbocycles. The molecule has 1 atom stereocenters. The summed E-state index contributed by atoms with van der Waals surface area (Å²) in [6.45, 7) is 5.58. The zero-order valence-electron chi connectivity index (χ0n) is 14.3. The fourth-order valence-electron chi connectivity index (χ4n) is 3.08. The minimum Gasteiger partial charge on any atom is -0.343 e. The lowest BCUT2D eigenvalue weighted by molar-refractivity contribution is -0.135. The van der Waals surface area contributed by atoms with Gasteiger partial charge in [0, 0.05) is 30.1 Å². The predicted octanol–water partition coefficient (Wildman–Crippen LogP) is 3.03. The maximum Gasteiger partial charge on any atom is 0.231 e. The van der Waals surface area contributed by atoms with Gasteiger partial charge in [0.15, 0.2) is 0 Å². The maximum atomic E-state index is 12.5. The van der Waals surface area contributed by atoms with E-state index in [1.807, 2.05) is 26.0 Å². The van der Waals surface area contributed by atoms with Gasteiger partial charge in [0.25, 0.3) is 0 Å². The van der Waals surface area contributed by atoms with Gasteiger partial charge < -0.3 is 10.2 Å². The van der Waals surface area contributed by atoms with Crippen molar-refractivity contribution in [2.75, 3.05) is 18.4 Å². The van der Waals surface area contributed by atoms with Crippen LogP contribution in [0.1, 0.15) is 20.3 Å². The van der Waals surface area contributed by atoms with E-state index >= 15 is 0 Å². The van der Waals surface area contributed by atoms with Gasteiger partial charge >= 0.3 is 0 Å². The van der Waals surface area contributed by atoms with Crippen LogP contribution in [-0.2, 0) is 16.1 Å². The quantitative estimate of drug-likeness (QED) is 0.891. The average molecular weight is 361 g/mol. The van der Waals surface area contributed by atoms with Gasteiger partial charge in [0.05, 0.1) is 18.7 Å². The Morgan fingerprint density at radius 3 is 2.64 bits per heavy atom. The van der Waals surface area contributed by atoms with Gasteiger partial charge in [-0.3, -0.25) is 9.59 Å². The number of nitrogens with one attached hydrogen (secondary N) is 1. The molecule has 1 aromatic heterocycles. The molecule has 7 heteroatoms. The molecule has 0 aliphatic carbocycles. The highest BCUT2D eigenvalue weighted by molar-refractivity contribution is 6.30. The third-order valence-electron chi connectivity index (χ3n) is 4.54. The number of halogens is 1. The summed E-state index contributed by atoms with van der Waals surface area (Å²) in [5, 5.41) is 7.94. The molecule has 0 bridgehead atoms. The summed E-state index contributed by atoms with van der Waals surface area (Å²) in [5.41, 5.74) is 1.78. The van der Waals surface area contributed by atoms with Gasteiger partial charge in [0.1, 0.15) is 5.82 Å². The SMILES string of the molecule is CCN(CC)C(=O)CC1Cn2ncc(-c3ccc(Cl)cc3)c2NC1=O. The first-order valence-electron chi connectivity index (χ1n) is 8.43. The number of aromatic nitrogens is 2. The lowest BCUT2D eigenvalue weighted by atomic mass is 10.0. The van der Waals surface area contributed by atoms with Gasteiger partial charge in [-0.15, -0.1) is 0 Å². The molecule has 0 saturated heterocycles. The smallest absolute Gasteiger partial charge is 0.231 e. The summed E-state index contributed by atoms with van der Waals surface area (Å²) in [5.74, 6) is 0.125. The van der Waals surface area contributed by atoms with Crippen LogP contribution in [0.3, 0.4) is 0 Å². The monoisotopic (exact) mass is 360 g/mol. The Bertz CT molecular complexity index is 781. The number of hydrogen-bond donors (Lipinski definition) is 1. The molecule has 132 valence electrons. The second-order valence-corrected chi connectivity index (χ2v) is 6.49. The summed E-state index contributed by atoms with van der Waals surface area (Å²) in [6, 6.07) is 7.39. The Balaban J connectivity index is 1.79. The number of rotatable bonds is 5. The van der Waals surface area contributed by atoms with Gasteiger partial charge in [-0.1, -0.05) is 23.7 Å². The molecule has 2 heterocycles. The summed E-state index contributed by atoms with van der Waals surface area (Å²) in [4.78, 5) is 26.5. The van der Waals surface area contributed by atoms with E-state index in [1.54, 1.807) is 27.9 Å². The number of hydrogen-bond acceptors (Lipinski definition) is 3. The van der Waals surface area contributed by atoms with Crippen molar-refractivity contribution >= 4 is 29.2 Å². The summed E-state index contributed by atoms with van der Waals surface area (Å²) in [6.07, 6.45) is 1.93. The maximum absolute atomic E-state index is 12.5.